The van der Waals surface area contributed by atoms with Crippen LogP contribution in [-0.4, -0.2) is 20.2 Å². The van der Waals surface area contributed by atoms with Crippen molar-refractivity contribution in [2.45, 2.75) is 31.9 Å². The Kier molecular flexibility index (Phi) is 4.19. The van der Waals surface area contributed by atoms with Gasteiger partial charge in [-0.05, 0) is 61.1 Å². The minimum absolute atomic E-state index is 0.0367. The van der Waals surface area contributed by atoms with Crippen molar-refractivity contribution in [2.24, 2.45) is 0 Å². The van der Waals surface area contributed by atoms with E-state index in [9.17, 15) is 13.2 Å². The van der Waals surface area contributed by atoms with Crippen LogP contribution in [0.25, 0.3) is 22.5 Å². The van der Waals surface area contributed by atoms with E-state index < -0.39 is 11.7 Å². The van der Waals surface area contributed by atoms with Crippen molar-refractivity contribution in [1.82, 2.24) is 20.2 Å². The molecule has 0 N–H and O–H groups in total. The summed E-state index contributed by atoms with van der Waals surface area (Å²) >= 11 is 0. The molecule has 3 heterocycles. The maximum absolute atomic E-state index is 13.8. The Morgan fingerprint density at radius 1 is 1.10 bits per heavy atom. The minimum atomic E-state index is -4.52. The van der Waals surface area contributed by atoms with Crippen LogP contribution < -0.4 is 4.74 Å². The third-order valence-corrected chi connectivity index (χ3v) is 4.95. The lowest BCUT2D eigenvalue weighted by atomic mass is 9.98. The van der Waals surface area contributed by atoms with Gasteiger partial charge < -0.3 is 9.15 Å². The number of fused-ring (bicyclic) bond motifs is 1. The molecule has 0 unspecified atom stereocenters. The molecular weight excluding hydrogens is 397 g/mol. The maximum Gasteiger partial charge on any atom is 0.421 e. The van der Waals surface area contributed by atoms with Gasteiger partial charge in [0.05, 0.1) is 11.1 Å². The number of benzene rings is 1. The summed E-state index contributed by atoms with van der Waals surface area (Å²) in [5, 5.41) is 8.11. The molecule has 0 aliphatic heterocycles. The van der Waals surface area contributed by atoms with Crippen LogP contribution in [0, 0.1) is 6.92 Å². The Bertz CT molecular complexity index is 1230. The molecule has 0 saturated heterocycles. The summed E-state index contributed by atoms with van der Waals surface area (Å²) in [6.07, 6.45) is -1.34. The highest BCUT2D eigenvalue weighted by atomic mass is 19.4. The standard InChI is InChI=1S/C21H15F3N4O2/c1-11-8-16(19-27-28-20(30-19)29-17-4-2-3-7-25-17)26-18-14(11)9-13(12-5-6-12)10-15(18)21(22,23)24/h2-4,7-10,12H,5-6H2,1H3. The van der Waals surface area contributed by atoms with Gasteiger partial charge >= 0.3 is 12.3 Å². The SMILES string of the molecule is Cc1cc(-c2nnc(Oc3ccccn3)o2)nc2c(C(F)(F)F)cc(C3CC3)cc12. The molecule has 5 rings (SSSR count). The zero-order valence-corrected chi connectivity index (χ0v) is 15.8. The molecule has 3 aromatic heterocycles. The van der Waals surface area contributed by atoms with Crippen molar-refractivity contribution in [3.05, 3.63) is 59.3 Å². The molecule has 4 aromatic rings. The van der Waals surface area contributed by atoms with Gasteiger partial charge in [0.15, 0.2) is 0 Å². The van der Waals surface area contributed by atoms with Crippen LogP contribution in [0.4, 0.5) is 13.2 Å². The molecule has 1 aliphatic rings. The molecule has 0 radical (unpaired) electrons. The third kappa shape index (κ3) is 3.47. The summed E-state index contributed by atoms with van der Waals surface area (Å²) in [4.78, 5) is 8.21. The largest absolute Gasteiger partial charge is 0.421 e. The molecule has 0 spiro atoms. The molecule has 9 heteroatoms. The van der Waals surface area contributed by atoms with Gasteiger partial charge in [0.25, 0.3) is 5.89 Å². The first-order valence-electron chi connectivity index (χ1n) is 9.34. The van der Waals surface area contributed by atoms with Crippen molar-refractivity contribution in [1.29, 1.82) is 0 Å². The zero-order valence-electron chi connectivity index (χ0n) is 15.8. The highest BCUT2D eigenvalue weighted by molar-refractivity contribution is 5.88. The van der Waals surface area contributed by atoms with Crippen molar-refractivity contribution in [3.63, 3.8) is 0 Å². The highest BCUT2D eigenvalue weighted by Gasteiger charge is 2.36. The molecule has 1 fully saturated rings. The normalized spacial score (nSPS) is 14.3. The van der Waals surface area contributed by atoms with E-state index in [1.165, 1.54) is 12.3 Å². The van der Waals surface area contributed by atoms with Gasteiger partial charge in [0.2, 0.25) is 5.88 Å². The summed E-state index contributed by atoms with van der Waals surface area (Å²) in [5.41, 5.74) is 0.612. The number of alkyl halides is 3. The molecule has 1 saturated carbocycles. The van der Waals surface area contributed by atoms with Gasteiger partial charge in [-0.2, -0.15) is 13.2 Å². The summed E-state index contributed by atoms with van der Waals surface area (Å²) in [7, 11) is 0. The number of aromatic nitrogens is 4. The first-order valence-corrected chi connectivity index (χ1v) is 9.34. The summed E-state index contributed by atoms with van der Waals surface area (Å²) < 4.78 is 52.1. The topological polar surface area (TPSA) is 73.9 Å². The van der Waals surface area contributed by atoms with Gasteiger partial charge in [0, 0.05) is 17.6 Å². The lowest BCUT2D eigenvalue weighted by Gasteiger charge is -2.14. The minimum Gasteiger partial charge on any atom is -0.391 e. The smallest absolute Gasteiger partial charge is 0.391 e. The lowest BCUT2D eigenvalue weighted by Crippen LogP contribution is -2.08. The number of hydrogen-bond donors (Lipinski definition) is 0. The first kappa shape index (κ1) is 18.5. The van der Waals surface area contributed by atoms with E-state index in [1.54, 1.807) is 37.3 Å². The van der Waals surface area contributed by atoms with Crippen molar-refractivity contribution in [3.8, 4) is 23.5 Å². The van der Waals surface area contributed by atoms with Crippen LogP contribution in [0.2, 0.25) is 0 Å². The summed E-state index contributed by atoms with van der Waals surface area (Å²) in [6, 6.07) is 9.70. The molecule has 0 amide bonds. The van der Waals surface area contributed by atoms with Gasteiger partial charge in [0.1, 0.15) is 5.69 Å². The fourth-order valence-corrected chi connectivity index (χ4v) is 3.34. The monoisotopic (exact) mass is 412 g/mol. The van der Waals surface area contributed by atoms with E-state index in [-0.39, 0.29) is 35.0 Å². The van der Waals surface area contributed by atoms with Gasteiger partial charge in [-0.25, -0.2) is 9.97 Å². The van der Waals surface area contributed by atoms with Gasteiger partial charge in [-0.1, -0.05) is 11.2 Å². The Morgan fingerprint density at radius 2 is 1.93 bits per heavy atom. The summed E-state index contributed by atoms with van der Waals surface area (Å²) in [6.45, 7) is 1.74. The van der Waals surface area contributed by atoms with Crippen molar-refractivity contribution < 1.29 is 22.3 Å². The van der Waals surface area contributed by atoms with E-state index in [1.807, 2.05) is 0 Å². The average Bonchev–Trinajstić information content (AvgIpc) is 3.46. The number of ether oxygens (including phenoxy) is 1. The predicted molar refractivity (Wildman–Crippen MR) is 101 cm³/mol. The number of nitrogens with zero attached hydrogens (tertiary/aromatic N) is 4. The van der Waals surface area contributed by atoms with Crippen LogP contribution in [0.1, 0.15) is 35.4 Å². The lowest BCUT2D eigenvalue weighted by molar-refractivity contribution is -0.136. The summed E-state index contributed by atoms with van der Waals surface area (Å²) in [5.74, 6) is 0.407. The van der Waals surface area contributed by atoms with Crippen LogP contribution >= 0.6 is 0 Å². The maximum atomic E-state index is 13.8. The zero-order chi connectivity index (χ0) is 20.9. The molecular formula is C21H15F3N4O2. The quantitative estimate of drug-likeness (QED) is 0.430. The van der Waals surface area contributed by atoms with Crippen LogP contribution in [0.15, 0.2) is 47.0 Å². The van der Waals surface area contributed by atoms with E-state index in [4.69, 9.17) is 9.15 Å². The second-order valence-electron chi connectivity index (χ2n) is 7.20. The van der Waals surface area contributed by atoms with E-state index in [0.29, 0.717) is 16.5 Å². The second-order valence-corrected chi connectivity index (χ2v) is 7.20. The molecule has 30 heavy (non-hydrogen) atoms. The van der Waals surface area contributed by atoms with Crippen molar-refractivity contribution in [2.75, 3.05) is 0 Å². The van der Waals surface area contributed by atoms with Crippen LogP contribution in [0.3, 0.4) is 0 Å². The number of pyridine rings is 2. The Balaban J connectivity index is 1.58. The highest BCUT2D eigenvalue weighted by Crippen LogP contribution is 2.45. The molecule has 1 aliphatic carbocycles. The Hall–Kier alpha value is -3.49. The second kappa shape index (κ2) is 6.79. The number of hydrogen-bond acceptors (Lipinski definition) is 6. The fourth-order valence-electron chi connectivity index (χ4n) is 3.34. The van der Waals surface area contributed by atoms with E-state index in [2.05, 4.69) is 20.2 Å². The van der Waals surface area contributed by atoms with E-state index >= 15 is 0 Å². The Morgan fingerprint density at radius 3 is 2.63 bits per heavy atom. The van der Waals surface area contributed by atoms with Crippen LogP contribution in [0.5, 0.6) is 12.0 Å². The molecule has 6 nitrogen and oxygen atoms in total. The van der Waals surface area contributed by atoms with E-state index in [0.717, 1.165) is 12.8 Å². The molecule has 0 bridgehead atoms. The van der Waals surface area contributed by atoms with Gasteiger partial charge in [-0.15, -0.1) is 5.10 Å². The van der Waals surface area contributed by atoms with Crippen molar-refractivity contribution >= 4 is 10.9 Å². The fraction of sp³-hybridized carbons (Fsp3) is 0.238. The molecule has 1 aromatic carbocycles. The predicted octanol–water partition coefficient (Wildman–Crippen LogP) is 5.68. The Labute approximate surface area is 168 Å². The van der Waals surface area contributed by atoms with Gasteiger partial charge in [-0.3, -0.25) is 0 Å². The van der Waals surface area contributed by atoms with Crippen LogP contribution in [-0.2, 0) is 6.18 Å². The number of aryl methyl sites for hydroxylation is 1. The molecule has 0 atom stereocenters. The first-order chi connectivity index (χ1) is 14.4. The number of rotatable bonds is 4. The molecule has 152 valence electrons. The number of halogens is 3. The average molecular weight is 412 g/mol. The third-order valence-electron chi connectivity index (χ3n) is 4.95.